The monoisotopic (exact) mass is 273 g/mol. The summed E-state index contributed by atoms with van der Waals surface area (Å²) in [6.07, 6.45) is 1.26. The van der Waals surface area contributed by atoms with Gasteiger partial charge in [-0.1, -0.05) is 0 Å². The second kappa shape index (κ2) is 6.72. The van der Waals surface area contributed by atoms with Crippen molar-refractivity contribution in [2.75, 3.05) is 31.8 Å². The smallest absolute Gasteiger partial charge is 0.175 e. The van der Waals surface area contributed by atoms with Crippen molar-refractivity contribution in [3.8, 4) is 0 Å². The van der Waals surface area contributed by atoms with E-state index in [4.69, 9.17) is 4.74 Å². The number of rotatable bonds is 7. The Morgan fingerprint density at radius 1 is 1.33 bits per heavy atom. The second-order valence-electron chi connectivity index (χ2n) is 4.12. The third-order valence-corrected chi connectivity index (χ3v) is 3.58. The van der Waals surface area contributed by atoms with Crippen LogP contribution < -0.4 is 5.32 Å². The molecule has 0 saturated carbocycles. The fraction of sp³-hybridized carbons (Fsp3) is 0.500. The molecule has 18 heavy (non-hydrogen) atoms. The van der Waals surface area contributed by atoms with E-state index < -0.39 is 15.9 Å². The predicted octanol–water partition coefficient (Wildman–Crippen LogP) is 0.899. The Bertz CT molecular complexity index is 455. The largest absolute Gasteiger partial charge is 0.391 e. The highest BCUT2D eigenvalue weighted by Gasteiger charge is 2.06. The van der Waals surface area contributed by atoms with Crippen LogP contribution >= 0.6 is 0 Å². The summed E-state index contributed by atoms with van der Waals surface area (Å²) in [4.78, 5) is 0.299. The number of hydrogen-bond donors (Lipinski definition) is 2. The van der Waals surface area contributed by atoms with Crippen molar-refractivity contribution in [1.82, 2.24) is 0 Å². The second-order valence-corrected chi connectivity index (χ2v) is 6.14. The van der Waals surface area contributed by atoms with Crippen molar-refractivity contribution in [2.24, 2.45) is 0 Å². The summed E-state index contributed by atoms with van der Waals surface area (Å²) < 4.78 is 27.3. The van der Waals surface area contributed by atoms with E-state index in [9.17, 15) is 13.5 Å². The maximum absolute atomic E-state index is 11.3. The summed E-state index contributed by atoms with van der Waals surface area (Å²) in [6, 6.07) is 6.53. The van der Waals surface area contributed by atoms with Gasteiger partial charge in [-0.3, -0.25) is 0 Å². The Kier molecular flexibility index (Phi) is 5.58. The van der Waals surface area contributed by atoms with E-state index in [0.717, 1.165) is 5.69 Å². The number of ether oxygens (including phenoxy) is 1. The zero-order chi connectivity index (χ0) is 13.6. The zero-order valence-electron chi connectivity index (χ0n) is 10.6. The molecule has 0 amide bonds. The van der Waals surface area contributed by atoms with Crippen molar-refractivity contribution in [3.63, 3.8) is 0 Å². The zero-order valence-corrected chi connectivity index (χ0v) is 11.4. The van der Waals surface area contributed by atoms with Gasteiger partial charge < -0.3 is 15.2 Å². The molecular weight excluding hydrogens is 254 g/mol. The van der Waals surface area contributed by atoms with Gasteiger partial charge in [0.15, 0.2) is 9.84 Å². The van der Waals surface area contributed by atoms with Crippen molar-refractivity contribution in [2.45, 2.75) is 17.4 Å². The minimum absolute atomic E-state index is 0.299. The first-order valence-corrected chi connectivity index (χ1v) is 7.53. The van der Waals surface area contributed by atoms with Crippen LogP contribution in [0.1, 0.15) is 6.42 Å². The number of hydrogen-bond acceptors (Lipinski definition) is 5. The number of aliphatic hydroxyl groups excluding tert-OH is 1. The first-order chi connectivity index (χ1) is 8.43. The Morgan fingerprint density at radius 3 is 2.44 bits per heavy atom. The summed E-state index contributed by atoms with van der Waals surface area (Å²) in [7, 11) is -1.60. The van der Waals surface area contributed by atoms with Crippen molar-refractivity contribution >= 4 is 15.5 Å². The third-order valence-electron chi connectivity index (χ3n) is 2.45. The molecular formula is C12H19NO4S. The number of nitrogens with one attached hydrogen (secondary N) is 1. The highest BCUT2D eigenvalue weighted by Crippen LogP contribution is 2.13. The fourth-order valence-electron chi connectivity index (χ4n) is 1.48. The number of sulfone groups is 1. The molecule has 1 unspecified atom stereocenters. The summed E-state index contributed by atoms with van der Waals surface area (Å²) in [5.74, 6) is 0. The lowest BCUT2D eigenvalue weighted by molar-refractivity contribution is 0.0615. The minimum Gasteiger partial charge on any atom is -0.391 e. The highest BCUT2D eigenvalue weighted by molar-refractivity contribution is 7.90. The lowest BCUT2D eigenvalue weighted by atomic mass is 10.2. The summed E-state index contributed by atoms with van der Waals surface area (Å²) in [6.45, 7) is 0.914. The van der Waals surface area contributed by atoms with Gasteiger partial charge in [-0.2, -0.15) is 0 Å². The molecule has 1 rings (SSSR count). The van der Waals surface area contributed by atoms with Crippen LogP contribution in [-0.2, 0) is 14.6 Å². The van der Waals surface area contributed by atoms with Crippen LogP contribution in [0.5, 0.6) is 0 Å². The Balaban J connectivity index is 2.45. The number of methoxy groups -OCH3 is 1. The molecule has 0 heterocycles. The SMILES string of the molecule is COCC(O)CCNc1ccc(S(C)(=O)=O)cc1. The molecule has 0 aliphatic carbocycles. The summed E-state index contributed by atoms with van der Waals surface area (Å²) in [5, 5.41) is 12.5. The first-order valence-electron chi connectivity index (χ1n) is 5.64. The van der Waals surface area contributed by atoms with Crippen LogP contribution in [0.25, 0.3) is 0 Å². The van der Waals surface area contributed by atoms with Gasteiger partial charge in [0.25, 0.3) is 0 Å². The molecule has 0 fully saturated rings. The lowest BCUT2D eigenvalue weighted by Crippen LogP contribution is -2.18. The average Bonchev–Trinajstić information content (AvgIpc) is 2.29. The van der Waals surface area contributed by atoms with Gasteiger partial charge in [0.2, 0.25) is 0 Å². The highest BCUT2D eigenvalue weighted by atomic mass is 32.2. The van der Waals surface area contributed by atoms with Crippen LogP contribution in [0.4, 0.5) is 5.69 Å². The van der Waals surface area contributed by atoms with Crippen LogP contribution in [0.15, 0.2) is 29.2 Å². The Morgan fingerprint density at radius 2 is 1.94 bits per heavy atom. The molecule has 0 aliphatic rings. The van der Waals surface area contributed by atoms with E-state index in [1.807, 2.05) is 0 Å². The fourth-order valence-corrected chi connectivity index (χ4v) is 2.11. The number of anilines is 1. The van der Waals surface area contributed by atoms with Gasteiger partial charge in [-0.05, 0) is 30.7 Å². The van der Waals surface area contributed by atoms with E-state index in [1.165, 1.54) is 6.26 Å². The molecule has 0 aliphatic heterocycles. The van der Waals surface area contributed by atoms with Gasteiger partial charge in [-0.25, -0.2) is 8.42 Å². The molecule has 5 nitrogen and oxygen atoms in total. The van der Waals surface area contributed by atoms with Gasteiger partial charge in [0.05, 0.1) is 17.6 Å². The van der Waals surface area contributed by atoms with Gasteiger partial charge in [0, 0.05) is 25.6 Å². The third kappa shape index (κ3) is 5.03. The maximum Gasteiger partial charge on any atom is 0.175 e. The standard InChI is InChI=1S/C12H19NO4S/c1-17-9-11(14)7-8-13-10-3-5-12(6-4-10)18(2,15)16/h3-6,11,13-14H,7-9H2,1-2H3. The van der Waals surface area contributed by atoms with E-state index in [0.29, 0.717) is 24.5 Å². The maximum atomic E-state index is 11.3. The summed E-state index contributed by atoms with van der Waals surface area (Å²) >= 11 is 0. The van der Waals surface area contributed by atoms with E-state index in [-0.39, 0.29) is 0 Å². The topological polar surface area (TPSA) is 75.6 Å². The van der Waals surface area contributed by atoms with Gasteiger partial charge in [0.1, 0.15) is 0 Å². The van der Waals surface area contributed by atoms with Crippen LogP contribution in [0.3, 0.4) is 0 Å². The van der Waals surface area contributed by atoms with Crippen LogP contribution in [0.2, 0.25) is 0 Å². The molecule has 0 aromatic heterocycles. The van der Waals surface area contributed by atoms with E-state index >= 15 is 0 Å². The molecule has 2 N–H and O–H groups in total. The Labute approximate surface area is 108 Å². The summed E-state index contributed by atoms with van der Waals surface area (Å²) in [5.41, 5.74) is 0.826. The van der Waals surface area contributed by atoms with Gasteiger partial charge in [-0.15, -0.1) is 0 Å². The molecule has 1 aromatic rings. The molecule has 1 atom stereocenters. The number of benzene rings is 1. The van der Waals surface area contributed by atoms with E-state index in [1.54, 1.807) is 31.4 Å². The quantitative estimate of drug-likeness (QED) is 0.772. The van der Waals surface area contributed by atoms with Crippen molar-refractivity contribution < 1.29 is 18.3 Å². The van der Waals surface area contributed by atoms with Crippen molar-refractivity contribution in [3.05, 3.63) is 24.3 Å². The Hall–Kier alpha value is -1.11. The predicted molar refractivity (Wildman–Crippen MR) is 70.5 cm³/mol. The molecule has 0 radical (unpaired) electrons. The molecule has 102 valence electrons. The lowest BCUT2D eigenvalue weighted by Gasteiger charge is -2.11. The first kappa shape index (κ1) is 14.9. The normalized spacial score (nSPS) is 13.3. The van der Waals surface area contributed by atoms with Crippen LogP contribution in [-0.4, -0.2) is 46.1 Å². The average molecular weight is 273 g/mol. The number of aliphatic hydroxyl groups is 1. The molecule has 1 aromatic carbocycles. The van der Waals surface area contributed by atoms with Crippen molar-refractivity contribution in [1.29, 1.82) is 0 Å². The van der Waals surface area contributed by atoms with Crippen LogP contribution in [0, 0.1) is 0 Å². The van der Waals surface area contributed by atoms with Gasteiger partial charge >= 0.3 is 0 Å². The molecule has 0 bridgehead atoms. The molecule has 6 heteroatoms. The van der Waals surface area contributed by atoms with E-state index in [2.05, 4.69) is 5.32 Å². The minimum atomic E-state index is -3.15. The molecule has 0 spiro atoms. The molecule has 0 saturated heterocycles.